The topological polar surface area (TPSA) is 26.0 Å². The van der Waals surface area contributed by atoms with Gasteiger partial charge in [0.2, 0.25) is 0 Å². The molecule has 1 nitrogen and oxygen atoms in total. The molecule has 0 spiro atoms. The lowest BCUT2D eigenvalue weighted by Crippen LogP contribution is -1.92. The molecule has 0 aliphatic carbocycles. The monoisotopic (exact) mass is 153 g/mol. The zero-order valence-corrected chi connectivity index (χ0v) is 6.82. The molecule has 0 atom stereocenters. The fourth-order valence-corrected chi connectivity index (χ4v) is 1.46. The van der Waals surface area contributed by atoms with Gasteiger partial charge < -0.3 is 5.73 Å². The van der Waals surface area contributed by atoms with Crippen LogP contribution in [0.25, 0.3) is 0 Å². The highest BCUT2D eigenvalue weighted by molar-refractivity contribution is 7.99. The van der Waals surface area contributed by atoms with Gasteiger partial charge in [0.15, 0.2) is 0 Å². The minimum atomic E-state index is 0.658. The molecule has 1 aromatic carbocycles. The number of thioether (sulfide) groups is 1. The average molecular weight is 153 g/mol. The first-order valence-corrected chi connectivity index (χ1v) is 4.21. The van der Waals surface area contributed by atoms with Crippen LogP contribution in [0.5, 0.6) is 0 Å². The van der Waals surface area contributed by atoms with Crippen molar-refractivity contribution in [2.75, 3.05) is 5.88 Å². The normalized spacial score (nSPS) is 9.80. The summed E-state index contributed by atoms with van der Waals surface area (Å²) in [6.07, 6.45) is 0. The van der Waals surface area contributed by atoms with Gasteiger partial charge in [-0.2, -0.15) is 0 Å². The van der Waals surface area contributed by atoms with Crippen molar-refractivity contribution < 1.29 is 0 Å². The van der Waals surface area contributed by atoms with E-state index in [0.717, 1.165) is 0 Å². The van der Waals surface area contributed by atoms with Crippen LogP contribution in [-0.2, 0) is 0 Å². The number of rotatable bonds is 2. The Morgan fingerprint density at radius 1 is 1.40 bits per heavy atom. The van der Waals surface area contributed by atoms with Crippen molar-refractivity contribution >= 4 is 11.8 Å². The summed E-state index contributed by atoms with van der Waals surface area (Å²) >= 11 is 1.68. The second-order valence-corrected chi connectivity index (χ2v) is 3.14. The van der Waals surface area contributed by atoms with E-state index in [0.29, 0.717) is 5.88 Å². The van der Waals surface area contributed by atoms with Crippen molar-refractivity contribution in [2.24, 2.45) is 5.73 Å². The third kappa shape index (κ3) is 1.75. The first kappa shape index (κ1) is 7.63. The van der Waals surface area contributed by atoms with E-state index in [1.54, 1.807) is 11.8 Å². The summed E-state index contributed by atoms with van der Waals surface area (Å²) in [5.74, 6) is 0.658. The minimum Gasteiger partial charge on any atom is -0.322 e. The van der Waals surface area contributed by atoms with Crippen LogP contribution >= 0.6 is 11.8 Å². The van der Waals surface area contributed by atoms with Gasteiger partial charge in [0.05, 0.1) is 0 Å². The Hall–Kier alpha value is -0.470. The summed E-state index contributed by atoms with van der Waals surface area (Å²) < 4.78 is 0. The average Bonchev–Trinajstić information content (AvgIpc) is 1.94. The lowest BCUT2D eigenvalue weighted by atomic mass is 10.2. The van der Waals surface area contributed by atoms with Crippen molar-refractivity contribution in [3.8, 4) is 0 Å². The molecule has 54 valence electrons. The van der Waals surface area contributed by atoms with E-state index in [4.69, 9.17) is 5.73 Å². The molecule has 0 aromatic heterocycles. The standard InChI is InChI=1S/C8H11NS/c1-7-4-2-3-5-8(7)10-6-9/h2-5H,6,9H2,1H3. The molecular formula is C8H11NS. The maximum atomic E-state index is 5.39. The predicted octanol–water partition coefficient (Wildman–Crippen LogP) is 2.00. The van der Waals surface area contributed by atoms with Gasteiger partial charge in [-0.3, -0.25) is 0 Å². The summed E-state index contributed by atoms with van der Waals surface area (Å²) in [6.45, 7) is 2.10. The predicted molar refractivity (Wildman–Crippen MR) is 46.1 cm³/mol. The summed E-state index contributed by atoms with van der Waals surface area (Å²) in [5.41, 5.74) is 6.70. The van der Waals surface area contributed by atoms with Crippen LogP contribution in [0.1, 0.15) is 5.56 Å². The third-order valence-corrected chi connectivity index (χ3v) is 2.27. The molecule has 0 radical (unpaired) electrons. The Bertz CT molecular complexity index is 210. The fourth-order valence-electron chi connectivity index (χ4n) is 0.808. The second-order valence-electron chi connectivity index (χ2n) is 2.08. The molecule has 0 unspecified atom stereocenters. The lowest BCUT2D eigenvalue weighted by Gasteiger charge is -2.00. The molecule has 1 aromatic rings. The van der Waals surface area contributed by atoms with Gasteiger partial charge in [-0.25, -0.2) is 0 Å². The van der Waals surface area contributed by atoms with Crippen LogP contribution in [0.15, 0.2) is 29.2 Å². The first-order valence-electron chi connectivity index (χ1n) is 3.23. The van der Waals surface area contributed by atoms with E-state index < -0.39 is 0 Å². The molecule has 0 bridgehead atoms. The molecule has 10 heavy (non-hydrogen) atoms. The van der Waals surface area contributed by atoms with Gasteiger partial charge in [-0.05, 0) is 18.6 Å². The van der Waals surface area contributed by atoms with E-state index in [9.17, 15) is 0 Å². The molecule has 0 saturated carbocycles. The van der Waals surface area contributed by atoms with Crippen molar-refractivity contribution in [1.82, 2.24) is 0 Å². The summed E-state index contributed by atoms with van der Waals surface area (Å²) in [7, 11) is 0. The highest BCUT2D eigenvalue weighted by atomic mass is 32.2. The Balaban J connectivity index is 2.81. The number of hydrogen-bond acceptors (Lipinski definition) is 2. The summed E-state index contributed by atoms with van der Waals surface area (Å²) in [4.78, 5) is 1.28. The van der Waals surface area contributed by atoms with Crippen LogP contribution in [-0.4, -0.2) is 5.88 Å². The molecule has 2 N–H and O–H groups in total. The van der Waals surface area contributed by atoms with E-state index in [-0.39, 0.29) is 0 Å². The smallest absolute Gasteiger partial charge is 0.0440 e. The molecule has 0 fully saturated rings. The minimum absolute atomic E-state index is 0.658. The Labute approximate surface area is 65.6 Å². The molecule has 1 rings (SSSR count). The number of hydrogen-bond donors (Lipinski definition) is 1. The highest BCUT2D eigenvalue weighted by Crippen LogP contribution is 2.19. The van der Waals surface area contributed by atoms with Gasteiger partial charge in [0.1, 0.15) is 0 Å². The van der Waals surface area contributed by atoms with Gasteiger partial charge in [-0.1, -0.05) is 18.2 Å². The van der Waals surface area contributed by atoms with Crippen LogP contribution in [0.2, 0.25) is 0 Å². The third-order valence-electron chi connectivity index (χ3n) is 1.33. The van der Waals surface area contributed by atoms with E-state index in [2.05, 4.69) is 19.1 Å². The maximum Gasteiger partial charge on any atom is 0.0440 e. The molecular weight excluding hydrogens is 142 g/mol. The summed E-state index contributed by atoms with van der Waals surface area (Å²) in [5, 5.41) is 0. The fraction of sp³-hybridized carbons (Fsp3) is 0.250. The Morgan fingerprint density at radius 2 is 2.10 bits per heavy atom. The summed E-state index contributed by atoms with van der Waals surface area (Å²) in [6, 6.07) is 8.26. The largest absolute Gasteiger partial charge is 0.322 e. The first-order chi connectivity index (χ1) is 4.84. The van der Waals surface area contributed by atoms with Crippen molar-refractivity contribution in [3.63, 3.8) is 0 Å². The number of nitrogens with two attached hydrogens (primary N) is 1. The molecule has 0 heterocycles. The lowest BCUT2D eigenvalue weighted by molar-refractivity contribution is 1.29. The molecule has 0 saturated heterocycles. The van der Waals surface area contributed by atoms with Gasteiger partial charge in [-0.15, -0.1) is 11.8 Å². The quantitative estimate of drug-likeness (QED) is 0.519. The van der Waals surface area contributed by atoms with Crippen LogP contribution in [0.4, 0.5) is 0 Å². The van der Waals surface area contributed by atoms with Crippen molar-refractivity contribution in [2.45, 2.75) is 11.8 Å². The molecule has 0 aliphatic heterocycles. The number of aryl methyl sites for hydroxylation is 1. The van der Waals surface area contributed by atoms with Crippen molar-refractivity contribution in [1.29, 1.82) is 0 Å². The van der Waals surface area contributed by atoms with E-state index in [1.807, 2.05) is 12.1 Å². The van der Waals surface area contributed by atoms with Gasteiger partial charge in [0.25, 0.3) is 0 Å². The zero-order valence-electron chi connectivity index (χ0n) is 6.00. The van der Waals surface area contributed by atoms with E-state index in [1.165, 1.54) is 10.5 Å². The number of benzene rings is 1. The maximum absolute atomic E-state index is 5.39. The molecule has 0 aliphatic rings. The second kappa shape index (κ2) is 3.64. The molecule has 2 heteroatoms. The van der Waals surface area contributed by atoms with Crippen LogP contribution in [0, 0.1) is 6.92 Å². The SMILES string of the molecule is Cc1ccccc1SCN. The van der Waals surface area contributed by atoms with E-state index >= 15 is 0 Å². The van der Waals surface area contributed by atoms with Crippen LogP contribution in [0.3, 0.4) is 0 Å². The Morgan fingerprint density at radius 3 is 2.70 bits per heavy atom. The molecule has 0 amide bonds. The Kier molecular flexibility index (Phi) is 2.78. The zero-order chi connectivity index (χ0) is 7.40. The van der Waals surface area contributed by atoms with Gasteiger partial charge in [0, 0.05) is 10.8 Å². The van der Waals surface area contributed by atoms with Crippen molar-refractivity contribution in [3.05, 3.63) is 29.8 Å². The van der Waals surface area contributed by atoms with Gasteiger partial charge >= 0.3 is 0 Å². The highest BCUT2D eigenvalue weighted by Gasteiger charge is 1.93. The van der Waals surface area contributed by atoms with Crippen LogP contribution < -0.4 is 5.73 Å².